The van der Waals surface area contributed by atoms with E-state index in [1.54, 1.807) is 0 Å². The second-order valence-corrected chi connectivity index (χ2v) is 5.95. The molecule has 1 unspecified atom stereocenters. The molecule has 92 valence electrons. The molecule has 1 nitrogen and oxygen atoms in total. The Kier molecular flexibility index (Phi) is 3.11. The van der Waals surface area contributed by atoms with Crippen molar-refractivity contribution >= 4 is 5.78 Å². The number of rotatable bonds is 2. The summed E-state index contributed by atoms with van der Waals surface area (Å²) in [4.78, 5) is 12.3. The first-order chi connectivity index (χ1) is 7.98. The first-order valence-electron chi connectivity index (χ1n) is 6.57. The predicted molar refractivity (Wildman–Crippen MR) is 71.1 cm³/mol. The number of benzene rings is 1. The summed E-state index contributed by atoms with van der Waals surface area (Å²) in [6.45, 7) is 6.58. The van der Waals surface area contributed by atoms with E-state index in [-0.39, 0.29) is 10.8 Å². The van der Waals surface area contributed by atoms with Crippen LogP contribution in [0.15, 0.2) is 30.3 Å². The van der Waals surface area contributed by atoms with Crippen LogP contribution in [0.5, 0.6) is 0 Å². The average molecular weight is 230 g/mol. The van der Waals surface area contributed by atoms with Gasteiger partial charge in [-0.05, 0) is 18.4 Å². The van der Waals surface area contributed by atoms with Crippen LogP contribution in [0.4, 0.5) is 0 Å². The van der Waals surface area contributed by atoms with Crippen LogP contribution in [0.25, 0.3) is 0 Å². The summed E-state index contributed by atoms with van der Waals surface area (Å²) < 4.78 is 0. The maximum Gasteiger partial charge on any atom is 0.139 e. The summed E-state index contributed by atoms with van der Waals surface area (Å²) in [7, 11) is 0. The molecule has 0 spiro atoms. The van der Waals surface area contributed by atoms with Gasteiger partial charge in [-0.15, -0.1) is 0 Å². The van der Waals surface area contributed by atoms with Gasteiger partial charge in [0.15, 0.2) is 0 Å². The second kappa shape index (κ2) is 4.29. The van der Waals surface area contributed by atoms with Gasteiger partial charge >= 0.3 is 0 Å². The van der Waals surface area contributed by atoms with Crippen molar-refractivity contribution in [1.82, 2.24) is 0 Å². The molecule has 0 aliphatic heterocycles. The van der Waals surface area contributed by atoms with Crippen LogP contribution in [-0.4, -0.2) is 5.78 Å². The van der Waals surface area contributed by atoms with Crippen LogP contribution in [0.1, 0.15) is 52.0 Å². The van der Waals surface area contributed by atoms with Crippen molar-refractivity contribution in [2.24, 2.45) is 5.41 Å². The summed E-state index contributed by atoms with van der Waals surface area (Å²) in [5, 5.41) is 0. The predicted octanol–water partition coefficient (Wildman–Crippen LogP) is 4.11. The summed E-state index contributed by atoms with van der Waals surface area (Å²) >= 11 is 0. The van der Waals surface area contributed by atoms with Crippen molar-refractivity contribution in [3.63, 3.8) is 0 Å². The van der Waals surface area contributed by atoms with Crippen molar-refractivity contribution in [1.29, 1.82) is 0 Å². The fraction of sp³-hybridized carbons (Fsp3) is 0.562. The normalized spacial score (nSPS) is 25.9. The highest BCUT2D eigenvalue weighted by Gasteiger charge is 2.48. The van der Waals surface area contributed by atoms with E-state index in [0.29, 0.717) is 5.78 Å². The van der Waals surface area contributed by atoms with E-state index in [9.17, 15) is 4.79 Å². The summed E-state index contributed by atoms with van der Waals surface area (Å²) in [5.41, 5.74) is 0.996. The maximum atomic E-state index is 12.3. The minimum atomic E-state index is -0.202. The van der Waals surface area contributed by atoms with Crippen LogP contribution in [0.3, 0.4) is 0 Å². The highest BCUT2D eigenvalue weighted by Crippen LogP contribution is 2.48. The van der Waals surface area contributed by atoms with E-state index in [2.05, 4.69) is 45.0 Å². The number of carbonyl (C=O) groups is 1. The van der Waals surface area contributed by atoms with Crippen LogP contribution >= 0.6 is 0 Å². The van der Waals surface area contributed by atoms with Crippen molar-refractivity contribution in [3.05, 3.63) is 35.9 Å². The number of Topliss-reactive ketones (excluding diaryl/α,β-unsaturated/α-hetero) is 1. The summed E-state index contributed by atoms with van der Waals surface area (Å²) in [6.07, 6.45) is 4.03. The Morgan fingerprint density at radius 2 is 1.76 bits per heavy atom. The van der Waals surface area contributed by atoms with E-state index >= 15 is 0 Å². The molecule has 0 amide bonds. The van der Waals surface area contributed by atoms with Gasteiger partial charge in [0.05, 0.1) is 0 Å². The molecule has 1 atom stereocenters. The molecule has 2 rings (SSSR count). The van der Waals surface area contributed by atoms with Crippen molar-refractivity contribution in [3.8, 4) is 0 Å². The monoisotopic (exact) mass is 230 g/mol. The molecule has 1 aromatic rings. The minimum absolute atomic E-state index is 0.0776. The molecule has 0 bridgehead atoms. The molecule has 17 heavy (non-hydrogen) atoms. The Morgan fingerprint density at radius 1 is 1.12 bits per heavy atom. The lowest BCUT2D eigenvalue weighted by Gasteiger charge is -2.46. The molecule has 1 aliphatic rings. The number of hydrogen-bond donors (Lipinski definition) is 0. The van der Waals surface area contributed by atoms with Gasteiger partial charge in [-0.25, -0.2) is 0 Å². The third kappa shape index (κ3) is 1.92. The van der Waals surface area contributed by atoms with Crippen LogP contribution in [0, 0.1) is 5.41 Å². The van der Waals surface area contributed by atoms with Gasteiger partial charge in [-0.3, -0.25) is 4.79 Å². The Hall–Kier alpha value is -1.11. The third-order valence-corrected chi connectivity index (χ3v) is 4.82. The van der Waals surface area contributed by atoms with Gasteiger partial charge < -0.3 is 0 Å². The Labute approximate surface area is 104 Å². The standard InChI is InChI=1S/C16H22O/c1-15(2,13-9-5-4-6-10-13)16(3)12-8-7-11-14(16)17/h4-6,9-10H,7-8,11-12H2,1-3H3. The van der Waals surface area contributed by atoms with E-state index in [1.165, 1.54) is 12.0 Å². The first kappa shape index (κ1) is 12.3. The molecular formula is C16H22O. The zero-order valence-corrected chi connectivity index (χ0v) is 11.1. The minimum Gasteiger partial charge on any atom is -0.299 e. The molecule has 1 fully saturated rings. The fourth-order valence-electron chi connectivity index (χ4n) is 3.01. The fourth-order valence-corrected chi connectivity index (χ4v) is 3.01. The molecule has 0 aromatic heterocycles. The summed E-state index contributed by atoms with van der Waals surface area (Å²) in [5.74, 6) is 0.442. The zero-order chi connectivity index (χ0) is 12.5. The van der Waals surface area contributed by atoms with Gasteiger partial charge in [0.1, 0.15) is 5.78 Å². The highest BCUT2D eigenvalue weighted by atomic mass is 16.1. The summed E-state index contributed by atoms with van der Waals surface area (Å²) in [6, 6.07) is 10.5. The number of carbonyl (C=O) groups excluding carboxylic acids is 1. The molecule has 1 aromatic carbocycles. The van der Waals surface area contributed by atoms with Gasteiger partial charge in [0, 0.05) is 17.3 Å². The lowest BCUT2D eigenvalue weighted by molar-refractivity contribution is -0.134. The van der Waals surface area contributed by atoms with Crippen molar-refractivity contribution in [2.45, 2.75) is 51.9 Å². The molecule has 0 N–H and O–H groups in total. The molecule has 1 aliphatic carbocycles. The van der Waals surface area contributed by atoms with Gasteiger partial charge in [0.2, 0.25) is 0 Å². The maximum absolute atomic E-state index is 12.3. The smallest absolute Gasteiger partial charge is 0.139 e. The molecule has 0 radical (unpaired) electrons. The Bertz CT molecular complexity index is 405. The van der Waals surface area contributed by atoms with Crippen LogP contribution in [0.2, 0.25) is 0 Å². The number of ketones is 1. The second-order valence-electron chi connectivity index (χ2n) is 5.95. The largest absolute Gasteiger partial charge is 0.299 e. The average Bonchev–Trinajstić information content (AvgIpc) is 2.34. The third-order valence-electron chi connectivity index (χ3n) is 4.82. The first-order valence-corrected chi connectivity index (χ1v) is 6.57. The highest BCUT2D eigenvalue weighted by molar-refractivity contribution is 5.86. The molecule has 1 saturated carbocycles. The van der Waals surface area contributed by atoms with Gasteiger partial charge in [0.25, 0.3) is 0 Å². The van der Waals surface area contributed by atoms with Crippen molar-refractivity contribution in [2.75, 3.05) is 0 Å². The van der Waals surface area contributed by atoms with E-state index in [1.807, 2.05) is 6.07 Å². The van der Waals surface area contributed by atoms with E-state index in [0.717, 1.165) is 19.3 Å². The van der Waals surface area contributed by atoms with Crippen LogP contribution in [-0.2, 0) is 10.2 Å². The molecule has 1 heteroatoms. The molecule has 0 heterocycles. The molecular weight excluding hydrogens is 208 g/mol. The lowest BCUT2D eigenvalue weighted by Crippen LogP contribution is -2.46. The zero-order valence-electron chi connectivity index (χ0n) is 11.1. The number of hydrogen-bond acceptors (Lipinski definition) is 1. The van der Waals surface area contributed by atoms with Gasteiger partial charge in [-0.2, -0.15) is 0 Å². The van der Waals surface area contributed by atoms with Crippen molar-refractivity contribution < 1.29 is 4.79 Å². The quantitative estimate of drug-likeness (QED) is 0.747. The SMILES string of the molecule is CC1(C(C)(C)c2ccccc2)CCCCC1=O. The topological polar surface area (TPSA) is 17.1 Å². The van der Waals surface area contributed by atoms with E-state index < -0.39 is 0 Å². The van der Waals surface area contributed by atoms with E-state index in [4.69, 9.17) is 0 Å². The lowest BCUT2D eigenvalue weighted by atomic mass is 9.56. The Balaban J connectivity index is 2.40. The molecule has 0 saturated heterocycles. The van der Waals surface area contributed by atoms with Gasteiger partial charge in [-0.1, -0.05) is 57.5 Å². The van der Waals surface area contributed by atoms with Crippen LogP contribution < -0.4 is 0 Å². The Morgan fingerprint density at radius 3 is 2.35 bits per heavy atom.